The van der Waals surface area contributed by atoms with Crippen LogP contribution in [0, 0.1) is 0 Å². The Hall–Kier alpha value is -2.82. The van der Waals surface area contributed by atoms with Crippen LogP contribution in [0.4, 0.5) is 5.69 Å². The molecule has 0 saturated carbocycles. The fourth-order valence-electron chi connectivity index (χ4n) is 2.38. The lowest BCUT2D eigenvalue weighted by Crippen LogP contribution is -2.23. The molecule has 2 amide bonds. The van der Waals surface area contributed by atoms with Crippen molar-refractivity contribution in [2.75, 3.05) is 11.9 Å². The zero-order valence-corrected chi connectivity index (χ0v) is 13.9. The Kier molecular flexibility index (Phi) is 5.95. The van der Waals surface area contributed by atoms with Crippen LogP contribution in [0.2, 0.25) is 0 Å². The molecule has 0 spiro atoms. The maximum absolute atomic E-state index is 12.1. The Labute approximate surface area is 141 Å². The van der Waals surface area contributed by atoms with Crippen molar-refractivity contribution in [3.05, 3.63) is 59.7 Å². The molecule has 3 N–H and O–H groups in total. The van der Waals surface area contributed by atoms with E-state index in [0.29, 0.717) is 17.4 Å². The minimum atomic E-state index is -0.589. The topological polar surface area (TPSA) is 81.4 Å². The monoisotopic (exact) mass is 326 g/mol. The van der Waals surface area contributed by atoms with Crippen molar-refractivity contribution in [1.29, 1.82) is 0 Å². The van der Waals surface area contributed by atoms with Gasteiger partial charge >= 0.3 is 0 Å². The highest BCUT2D eigenvalue weighted by Crippen LogP contribution is 2.28. The van der Waals surface area contributed by atoms with Gasteiger partial charge in [0.15, 0.2) is 6.61 Å². The van der Waals surface area contributed by atoms with Gasteiger partial charge in [0.05, 0.1) is 11.3 Å². The highest BCUT2D eigenvalue weighted by Gasteiger charge is 2.13. The predicted octanol–water partition coefficient (Wildman–Crippen LogP) is 3.32. The molecule has 0 radical (unpaired) electrons. The summed E-state index contributed by atoms with van der Waals surface area (Å²) in [5, 5.41) is 2.66. The summed E-state index contributed by atoms with van der Waals surface area (Å²) >= 11 is 0. The van der Waals surface area contributed by atoms with Crippen molar-refractivity contribution in [3.8, 4) is 5.75 Å². The summed E-state index contributed by atoms with van der Waals surface area (Å²) in [5.74, 6) is 0.113. The average molecular weight is 326 g/mol. The molecule has 1 atom stereocenters. The standard InChI is InChI=1S/C19H22N2O3/c1-3-13(2)14-8-5-7-11-17(14)24-12-18(22)21-16-10-6-4-9-15(16)19(20)23/h4-11,13H,3,12H2,1-2H3,(H2,20,23)(H,21,22)/t13-/m1/s1. The number of hydrogen-bond acceptors (Lipinski definition) is 3. The largest absolute Gasteiger partial charge is 0.483 e. The predicted molar refractivity (Wildman–Crippen MR) is 94.2 cm³/mol. The summed E-state index contributed by atoms with van der Waals surface area (Å²) in [6.07, 6.45) is 0.985. The number of primary amides is 1. The van der Waals surface area contributed by atoms with Crippen LogP contribution in [-0.2, 0) is 4.79 Å². The van der Waals surface area contributed by atoms with E-state index in [2.05, 4.69) is 19.2 Å². The second-order valence-electron chi connectivity index (χ2n) is 5.59. The number of amides is 2. The molecule has 0 bridgehead atoms. The molecule has 126 valence electrons. The van der Waals surface area contributed by atoms with Gasteiger partial charge in [-0.05, 0) is 36.1 Å². The summed E-state index contributed by atoms with van der Waals surface area (Å²) in [6, 6.07) is 14.3. The Morgan fingerprint density at radius 3 is 2.50 bits per heavy atom. The van der Waals surface area contributed by atoms with Crippen LogP contribution < -0.4 is 15.8 Å². The number of carbonyl (C=O) groups excluding carboxylic acids is 2. The smallest absolute Gasteiger partial charge is 0.262 e. The van der Waals surface area contributed by atoms with Gasteiger partial charge in [0.2, 0.25) is 0 Å². The van der Waals surface area contributed by atoms with Gasteiger partial charge in [0.1, 0.15) is 5.75 Å². The maximum atomic E-state index is 12.1. The van der Waals surface area contributed by atoms with Crippen LogP contribution in [0.1, 0.15) is 42.1 Å². The summed E-state index contributed by atoms with van der Waals surface area (Å²) in [4.78, 5) is 23.5. The molecule has 0 saturated heterocycles. The number of ether oxygens (including phenoxy) is 1. The zero-order chi connectivity index (χ0) is 17.5. The Morgan fingerprint density at radius 1 is 1.12 bits per heavy atom. The van der Waals surface area contributed by atoms with Gasteiger partial charge in [-0.2, -0.15) is 0 Å². The van der Waals surface area contributed by atoms with Crippen molar-refractivity contribution in [3.63, 3.8) is 0 Å². The molecule has 5 nitrogen and oxygen atoms in total. The second kappa shape index (κ2) is 8.15. The molecule has 0 aliphatic carbocycles. The number of benzene rings is 2. The molecular weight excluding hydrogens is 304 g/mol. The number of para-hydroxylation sites is 2. The third kappa shape index (κ3) is 4.35. The fraction of sp³-hybridized carbons (Fsp3) is 0.263. The van der Waals surface area contributed by atoms with E-state index in [-0.39, 0.29) is 18.1 Å². The van der Waals surface area contributed by atoms with Gasteiger partial charge in [-0.15, -0.1) is 0 Å². The van der Waals surface area contributed by atoms with Crippen molar-refractivity contribution < 1.29 is 14.3 Å². The number of nitrogens with two attached hydrogens (primary N) is 1. The van der Waals surface area contributed by atoms with Gasteiger partial charge in [-0.1, -0.05) is 44.2 Å². The van der Waals surface area contributed by atoms with Crippen molar-refractivity contribution in [2.24, 2.45) is 5.73 Å². The molecule has 2 aromatic rings. The lowest BCUT2D eigenvalue weighted by molar-refractivity contribution is -0.118. The van der Waals surface area contributed by atoms with Crippen LogP contribution >= 0.6 is 0 Å². The molecule has 0 aliphatic rings. The molecule has 5 heteroatoms. The Bertz CT molecular complexity index is 728. The van der Waals surface area contributed by atoms with Crippen molar-refractivity contribution >= 4 is 17.5 Å². The van der Waals surface area contributed by atoms with Crippen LogP contribution in [0.5, 0.6) is 5.75 Å². The van der Waals surface area contributed by atoms with Crippen LogP contribution in [0.3, 0.4) is 0 Å². The maximum Gasteiger partial charge on any atom is 0.262 e. The van der Waals surface area contributed by atoms with Crippen molar-refractivity contribution in [1.82, 2.24) is 0 Å². The number of carbonyl (C=O) groups is 2. The van der Waals surface area contributed by atoms with Crippen molar-refractivity contribution in [2.45, 2.75) is 26.2 Å². The molecule has 24 heavy (non-hydrogen) atoms. The number of hydrogen-bond donors (Lipinski definition) is 2. The average Bonchev–Trinajstić information content (AvgIpc) is 2.59. The van der Waals surface area contributed by atoms with Gasteiger partial charge in [0, 0.05) is 0 Å². The van der Waals surface area contributed by atoms with E-state index in [1.54, 1.807) is 24.3 Å². The molecule has 0 aromatic heterocycles. The van der Waals surface area contributed by atoms with Gasteiger partial charge < -0.3 is 15.8 Å². The lowest BCUT2D eigenvalue weighted by Gasteiger charge is -2.15. The number of anilines is 1. The number of nitrogens with one attached hydrogen (secondary N) is 1. The van der Waals surface area contributed by atoms with E-state index in [4.69, 9.17) is 10.5 Å². The van der Waals surface area contributed by atoms with Gasteiger partial charge in [-0.3, -0.25) is 9.59 Å². The van der Waals surface area contributed by atoms with Crippen LogP contribution in [0.15, 0.2) is 48.5 Å². The fourth-order valence-corrected chi connectivity index (χ4v) is 2.38. The normalized spacial score (nSPS) is 11.6. The first-order valence-electron chi connectivity index (χ1n) is 7.93. The van der Waals surface area contributed by atoms with E-state index in [1.807, 2.05) is 24.3 Å². The highest BCUT2D eigenvalue weighted by molar-refractivity contribution is 6.03. The SMILES string of the molecule is CC[C@@H](C)c1ccccc1OCC(=O)Nc1ccccc1C(N)=O. The minimum absolute atomic E-state index is 0.138. The van der Waals surface area contributed by atoms with E-state index < -0.39 is 5.91 Å². The minimum Gasteiger partial charge on any atom is -0.483 e. The Balaban J connectivity index is 2.04. The highest BCUT2D eigenvalue weighted by atomic mass is 16.5. The summed E-state index contributed by atoms with van der Waals surface area (Å²) in [5.41, 5.74) is 7.03. The molecule has 0 heterocycles. The van der Waals surface area contributed by atoms with Gasteiger partial charge in [0.25, 0.3) is 11.8 Å². The Morgan fingerprint density at radius 2 is 1.79 bits per heavy atom. The molecule has 0 fully saturated rings. The molecule has 0 aliphatic heterocycles. The molecule has 0 unspecified atom stereocenters. The van der Waals surface area contributed by atoms with E-state index in [9.17, 15) is 9.59 Å². The van der Waals surface area contributed by atoms with Gasteiger partial charge in [-0.25, -0.2) is 0 Å². The summed E-state index contributed by atoms with van der Waals surface area (Å²) in [6.45, 7) is 4.08. The van der Waals surface area contributed by atoms with E-state index >= 15 is 0 Å². The number of rotatable bonds is 7. The molecular formula is C19H22N2O3. The van der Waals surface area contributed by atoms with Crippen LogP contribution in [0.25, 0.3) is 0 Å². The first kappa shape index (κ1) is 17.5. The van der Waals surface area contributed by atoms with Crippen LogP contribution in [-0.4, -0.2) is 18.4 Å². The quantitative estimate of drug-likeness (QED) is 0.819. The first-order valence-corrected chi connectivity index (χ1v) is 7.93. The second-order valence-corrected chi connectivity index (χ2v) is 5.59. The van der Waals surface area contributed by atoms with E-state index in [0.717, 1.165) is 12.0 Å². The third-order valence-corrected chi connectivity index (χ3v) is 3.89. The third-order valence-electron chi connectivity index (χ3n) is 3.89. The molecule has 2 rings (SSSR count). The van der Waals surface area contributed by atoms with E-state index in [1.165, 1.54) is 0 Å². The zero-order valence-electron chi connectivity index (χ0n) is 13.9. The summed E-state index contributed by atoms with van der Waals surface area (Å²) < 4.78 is 5.67. The first-order chi connectivity index (χ1) is 11.5. The molecule has 2 aromatic carbocycles. The lowest BCUT2D eigenvalue weighted by atomic mass is 9.98. The summed E-state index contributed by atoms with van der Waals surface area (Å²) in [7, 11) is 0.